The van der Waals surface area contributed by atoms with Crippen molar-refractivity contribution in [3.8, 4) is 43.4 Å². The molecule has 1 aliphatic heterocycles. The third-order valence-corrected chi connectivity index (χ3v) is 18.2. The predicted molar refractivity (Wildman–Crippen MR) is 304 cm³/mol. The van der Waals surface area contributed by atoms with Gasteiger partial charge in [0.1, 0.15) is 77.2 Å². The minimum absolute atomic E-state index is 0.0242. The van der Waals surface area contributed by atoms with E-state index in [1.54, 1.807) is 70.9 Å². The topological polar surface area (TPSA) is 320 Å². The number of carbonyl (C=O) groups is 7. The molecule has 10 bridgehead atoms. The maximum atomic E-state index is 14.3. The van der Waals surface area contributed by atoms with Gasteiger partial charge < -0.3 is 41.5 Å². The molecule has 22 nitrogen and oxygen atoms in total. The molecule has 0 fully saturated rings. The number of pyridine rings is 1. The Morgan fingerprint density at radius 1 is 0.725 bits per heavy atom. The van der Waals surface area contributed by atoms with Crippen molar-refractivity contribution >= 4 is 115 Å². The largest absolute Gasteiger partial charge is 0.481 e. The number of aromatic nitrogens is 7. The number of ether oxygens (including phenoxy) is 1. The van der Waals surface area contributed by atoms with Crippen LogP contribution in [-0.4, -0.2) is 107 Å². The molecule has 9 rings (SSSR count). The normalized spacial score (nSPS) is 16.6. The lowest BCUT2D eigenvalue weighted by molar-refractivity contribution is -0.138. The van der Waals surface area contributed by atoms with Gasteiger partial charge >= 0.3 is 5.97 Å². The van der Waals surface area contributed by atoms with E-state index in [1.165, 1.54) is 70.8 Å². The number of rotatable bonds is 12. The number of hydrogen-bond donors (Lipinski definition) is 7. The van der Waals surface area contributed by atoms with Crippen LogP contribution in [0.25, 0.3) is 43.4 Å². The van der Waals surface area contributed by atoms with E-state index < -0.39 is 66.2 Å². The molecule has 0 saturated heterocycles. The van der Waals surface area contributed by atoms with Gasteiger partial charge in [-0.05, 0) is 30.5 Å². The van der Waals surface area contributed by atoms with Crippen molar-refractivity contribution in [1.29, 1.82) is 0 Å². The molecular weight excluding hydrogens is 1150 g/mol. The van der Waals surface area contributed by atoms with E-state index in [1.807, 2.05) is 13.8 Å². The number of Topliss-reactive ketones (excluding diaryl/α,β-unsaturated/α-hetero) is 1. The summed E-state index contributed by atoms with van der Waals surface area (Å²) in [5.41, 5.74) is 2.76. The van der Waals surface area contributed by atoms with E-state index in [2.05, 4.69) is 31.6 Å². The first kappa shape index (κ1) is 57.3. The first-order valence-corrected chi connectivity index (χ1v) is 29.8. The number of carboxylic acids is 1. The first-order chi connectivity index (χ1) is 38.5. The molecule has 0 aliphatic carbocycles. The fourth-order valence-electron chi connectivity index (χ4n) is 8.32. The number of aliphatic hydroxyl groups excluding tert-OH is 1. The third-order valence-electron chi connectivity index (χ3n) is 12.4. The fraction of sp³-hybridized carbons (Fsp3) is 0.308. The van der Waals surface area contributed by atoms with E-state index >= 15 is 0 Å². The van der Waals surface area contributed by atoms with Gasteiger partial charge in [0.25, 0.3) is 11.8 Å². The highest BCUT2D eigenvalue weighted by molar-refractivity contribution is 7.15. The number of methoxy groups -OCH3 is 1. The summed E-state index contributed by atoms with van der Waals surface area (Å²) in [6.07, 6.45) is -2.11. The first-order valence-electron chi connectivity index (χ1n) is 24.6. The van der Waals surface area contributed by atoms with Crippen LogP contribution in [0.5, 0.6) is 0 Å². The Morgan fingerprint density at radius 3 is 2.19 bits per heavy atom. The zero-order chi connectivity index (χ0) is 56.8. The van der Waals surface area contributed by atoms with E-state index in [-0.39, 0.29) is 66.9 Å². The number of anilines is 1. The molecule has 1 aliphatic rings. The number of nitrogens with zero attached hydrogens (tertiary/aromatic N) is 7. The van der Waals surface area contributed by atoms with E-state index in [0.29, 0.717) is 73.7 Å². The van der Waals surface area contributed by atoms with Crippen molar-refractivity contribution in [2.75, 3.05) is 26.0 Å². The lowest BCUT2D eigenvalue weighted by Crippen LogP contribution is -2.40. The molecule has 5 amide bonds. The predicted octanol–water partition coefficient (Wildman–Crippen LogP) is 8.00. The minimum Gasteiger partial charge on any atom is -0.481 e. The van der Waals surface area contributed by atoms with Gasteiger partial charge in [-0.1, -0.05) is 44.2 Å². The van der Waals surface area contributed by atoms with Gasteiger partial charge in [0.15, 0.2) is 5.78 Å². The number of fused-ring (bicyclic) bond motifs is 14. The lowest BCUT2D eigenvalue weighted by atomic mass is 9.90. The molecule has 80 heavy (non-hydrogen) atoms. The highest BCUT2D eigenvalue weighted by Gasteiger charge is 2.33. The van der Waals surface area contributed by atoms with Crippen LogP contribution in [-0.2, 0) is 30.5 Å². The fourth-order valence-corrected chi connectivity index (χ4v) is 13.9. The summed E-state index contributed by atoms with van der Waals surface area (Å²) < 4.78 is 5.46. The number of ketones is 1. The Labute approximate surface area is 480 Å². The van der Waals surface area contributed by atoms with Crippen molar-refractivity contribution < 1.29 is 48.5 Å². The van der Waals surface area contributed by atoms with Crippen LogP contribution < -0.4 is 26.6 Å². The van der Waals surface area contributed by atoms with Crippen molar-refractivity contribution in [3.63, 3.8) is 0 Å². The molecule has 4 atom stereocenters. The summed E-state index contributed by atoms with van der Waals surface area (Å²) >= 11 is 7.19. The Hall–Kier alpha value is -7.44. The number of carbonyl (C=O) groups excluding carboxylic acids is 6. The average molecular weight is 1200 g/mol. The van der Waals surface area contributed by atoms with Crippen LogP contribution in [0, 0.1) is 12.8 Å². The van der Waals surface area contributed by atoms with Crippen LogP contribution in [0.3, 0.4) is 0 Å². The number of aliphatic hydroxyl groups is 1. The summed E-state index contributed by atoms with van der Waals surface area (Å²) in [4.78, 5) is 128. The number of nitrogens with one attached hydrogen (secondary N) is 5. The third kappa shape index (κ3) is 13.2. The standard InChI is InChI=1S/C52H50N12O10S6/c1-23(2)27-15-33(65)40-24(3)79-51(63-40)29(16-37(67)53-4)56-45(72)31-20-75-47(58-31)26-11-12-28(49-61-35(22-78-49)60-36(66)13-14-39(69)70)55-41(26)30-19-76-50(57-30)32-21-77-52(59-32)43(44(71)25-9-7-6-8-10-25)62-38(68)17-54-46(73)42-34(18-74-5)80-48(27)64-42/h6-12,19-23,27,29,43-44,71H,13-18H2,1-5H3,(H,53,67)(H,54,73)(H,56,72)(H,60,66)(H,62,68)(H,69,70)/t27-,29+,43+,44+/m1/s1. The average Bonchev–Trinajstić information content (AvgIpc) is 4.33. The number of aliphatic carboxylic acids is 1. The van der Waals surface area contributed by atoms with Gasteiger partial charge in [-0.25, -0.2) is 34.9 Å². The van der Waals surface area contributed by atoms with Crippen LogP contribution in [0.2, 0.25) is 0 Å². The van der Waals surface area contributed by atoms with Gasteiger partial charge in [-0.15, -0.1) is 68.0 Å². The number of hydrogen-bond acceptors (Lipinski definition) is 22. The van der Waals surface area contributed by atoms with Gasteiger partial charge in [0, 0.05) is 64.9 Å². The Bertz CT molecular complexity index is 3620. The van der Waals surface area contributed by atoms with Crippen molar-refractivity contribution in [2.24, 2.45) is 5.92 Å². The Balaban J connectivity index is 1.12. The van der Waals surface area contributed by atoms with Crippen molar-refractivity contribution in [3.05, 3.63) is 111 Å². The maximum absolute atomic E-state index is 14.3. The zero-order valence-electron chi connectivity index (χ0n) is 43.2. The summed E-state index contributed by atoms with van der Waals surface area (Å²) in [7, 11) is 2.95. The van der Waals surface area contributed by atoms with Crippen LogP contribution in [0.1, 0.15) is 125 Å². The molecule has 0 spiro atoms. The van der Waals surface area contributed by atoms with Gasteiger partial charge in [0.05, 0.1) is 47.6 Å². The summed E-state index contributed by atoms with van der Waals surface area (Å²) in [5.74, 6) is -4.64. The van der Waals surface area contributed by atoms with Gasteiger partial charge in [-0.3, -0.25) is 33.6 Å². The number of amides is 5. The monoisotopic (exact) mass is 1190 g/mol. The second kappa shape index (κ2) is 25.3. The number of carboxylic acid groups (broad SMARTS) is 1. The molecule has 0 radical (unpaired) electrons. The molecular formula is C52H50N12O10S6. The van der Waals surface area contributed by atoms with Crippen LogP contribution >= 0.6 is 68.0 Å². The molecule has 0 unspecified atom stereocenters. The second-order valence-electron chi connectivity index (χ2n) is 18.4. The minimum atomic E-state index is -1.28. The number of benzene rings is 1. The van der Waals surface area contributed by atoms with E-state index in [0.717, 1.165) is 11.3 Å². The van der Waals surface area contributed by atoms with Gasteiger partial charge in [0.2, 0.25) is 17.7 Å². The lowest BCUT2D eigenvalue weighted by Gasteiger charge is -2.23. The van der Waals surface area contributed by atoms with E-state index in [4.69, 9.17) is 39.7 Å². The molecule has 8 aromatic rings. The molecule has 1 aromatic carbocycles. The molecule has 7 N–H and O–H groups in total. The SMILES string of the molecule is CNC(=O)C[C@@H]1NC(=O)c2csc(n2)-c2ccc(-c3nc(NC(=O)CCC(=O)O)cs3)nc2-c2csc(n2)-c2csc(n2)[C@H]([C@@H](O)c2ccccc2)NC(=O)CNC(=O)c2nc(sc2COC)[C@@H](C(C)C)CC(=O)c2nc1sc2C. The molecule has 0 saturated carbocycles. The Morgan fingerprint density at radius 2 is 1.44 bits per heavy atom. The highest BCUT2D eigenvalue weighted by Crippen LogP contribution is 2.41. The zero-order valence-corrected chi connectivity index (χ0v) is 48.1. The summed E-state index contributed by atoms with van der Waals surface area (Å²) in [6, 6.07) is 10.2. The van der Waals surface area contributed by atoms with Gasteiger partial charge in [-0.2, -0.15) is 0 Å². The highest BCUT2D eigenvalue weighted by atomic mass is 32.1. The quantitative estimate of drug-likeness (QED) is 0.0609. The van der Waals surface area contributed by atoms with Crippen LogP contribution in [0.4, 0.5) is 5.82 Å². The Kier molecular flexibility index (Phi) is 18.1. The van der Waals surface area contributed by atoms with E-state index in [9.17, 15) is 38.7 Å². The smallest absolute Gasteiger partial charge is 0.303 e. The van der Waals surface area contributed by atoms with Crippen molar-refractivity contribution in [1.82, 2.24) is 56.2 Å². The number of thiazole rings is 6. The molecule has 414 valence electrons. The molecule has 7 aromatic heterocycles. The molecule has 8 heterocycles. The number of aryl methyl sites for hydroxylation is 1. The van der Waals surface area contributed by atoms with Crippen molar-refractivity contribution in [2.45, 2.75) is 77.2 Å². The van der Waals surface area contributed by atoms with Crippen LogP contribution in [0.15, 0.2) is 64.0 Å². The molecule has 28 heteroatoms. The second-order valence-corrected chi connectivity index (χ2v) is 24.2. The summed E-state index contributed by atoms with van der Waals surface area (Å²) in [5, 5.41) is 43.7. The maximum Gasteiger partial charge on any atom is 0.303 e. The summed E-state index contributed by atoms with van der Waals surface area (Å²) in [6.45, 7) is 5.14.